The van der Waals surface area contributed by atoms with Crippen LogP contribution in [0.15, 0.2) is 53.0 Å². The maximum absolute atomic E-state index is 5.73. The van der Waals surface area contributed by atoms with Gasteiger partial charge in [-0.05, 0) is 47.6 Å². The Bertz CT molecular complexity index is 647. The minimum absolute atomic E-state index is 0.615. The number of benzene rings is 2. The second-order valence-corrected chi connectivity index (χ2v) is 8.24. The van der Waals surface area contributed by atoms with Crippen molar-refractivity contribution in [2.24, 2.45) is 11.7 Å². The maximum atomic E-state index is 5.73. The summed E-state index contributed by atoms with van der Waals surface area (Å²) >= 11 is 3.60. The van der Waals surface area contributed by atoms with Gasteiger partial charge in [-0.25, -0.2) is 0 Å². The van der Waals surface area contributed by atoms with E-state index in [0.29, 0.717) is 6.54 Å². The van der Waals surface area contributed by atoms with Gasteiger partial charge in [0.05, 0.1) is 0 Å². The van der Waals surface area contributed by atoms with Gasteiger partial charge in [0.2, 0.25) is 0 Å². The van der Waals surface area contributed by atoms with E-state index in [0.717, 1.165) is 23.5 Å². The molecular weight excluding hydrogens is 372 g/mol. The molecule has 1 aliphatic rings. The minimum Gasteiger partial charge on any atom is -0.326 e. The molecule has 0 heterocycles. The van der Waals surface area contributed by atoms with E-state index in [4.69, 9.17) is 5.73 Å². The van der Waals surface area contributed by atoms with Gasteiger partial charge < -0.3 is 5.73 Å². The topological polar surface area (TPSA) is 29.3 Å². The molecule has 1 aliphatic carbocycles. The lowest BCUT2D eigenvalue weighted by atomic mass is 9.88. The smallest absolute Gasteiger partial charge is 0.0237 e. The molecule has 0 radical (unpaired) electrons. The van der Waals surface area contributed by atoms with E-state index < -0.39 is 0 Å². The maximum Gasteiger partial charge on any atom is 0.0237 e. The van der Waals surface area contributed by atoms with E-state index in [1.807, 2.05) is 0 Å². The largest absolute Gasteiger partial charge is 0.326 e. The van der Waals surface area contributed by atoms with Gasteiger partial charge in [0, 0.05) is 30.7 Å². The highest BCUT2D eigenvalue weighted by Crippen LogP contribution is 2.26. The summed E-state index contributed by atoms with van der Waals surface area (Å²) in [6, 6.07) is 17.5. The summed E-state index contributed by atoms with van der Waals surface area (Å²) in [7, 11) is 0. The van der Waals surface area contributed by atoms with Crippen LogP contribution in [-0.2, 0) is 19.6 Å². The van der Waals surface area contributed by atoms with Gasteiger partial charge in [-0.2, -0.15) is 0 Å². The molecule has 0 bridgehead atoms. The van der Waals surface area contributed by atoms with Gasteiger partial charge in [-0.1, -0.05) is 71.6 Å². The molecule has 1 fully saturated rings. The Labute approximate surface area is 160 Å². The van der Waals surface area contributed by atoms with E-state index in [1.54, 1.807) is 0 Å². The summed E-state index contributed by atoms with van der Waals surface area (Å²) in [5.41, 5.74) is 9.69. The average Bonchev–Trinajstić information content (AvgIpc) is 2.63. The van der Waals surface area contributed by atoms with Crippen molar-refractivity contribution in [2.75, 3.05) is 6.54 Å². The lowest BCUT2D eigenvalue weighted by molar-refractivity contribution is 0.187. The fourth-order valence-electron chi connectivity index (χ4n) is 3.85. The van der Waals surface area contributed by atoms with Crippen molar-refractivity contribution in [1.82, 2.24) is 4.90 Å². The lowest BCUT2D eigenvalue weighted by Crippen LogP contribution is -2.30. The Hall–Kier alpha value is -1.16. The van der Waals surface area contributed by atoms with Crippen molar-refractivity contribution in [3.05, 3.63) is 69.7 Å². The molecule has 0 unspecified atom stereocenters. The highest BCUT2D eigenvalue weighted by molar-refractivity contribution is 9.10. The molecule has 0 saturated heterocycles. The van der Waals surface area contributed by atoms with Crippen molar-refractivity contribution in [1.29, 1.82) is 0 Å². The number of hydrogen-bond donors (Lipinski definition) is 1. The van der Waals surface area contributed by atoms with Crippen LogP contribution in [0.5, 0.6) is 0 Å². The minimum atomic E-state index is 0.615. The Kier molecular flexibility index (Phi) is 7.09. The molecule has 3 heteroatoms. The predicted molar refractivity (Wildman–Crippen MR) is 109 cm³/mol. The summed E-state index contributed by atoms with van der Waals surface area (Å²) in [4.78, 5) is 2.62. The molecule has 1 saturated carbocycles. The first-order chi connectivity index (χ1) is 12.2. The third kappa shape index (κ3) is 5.95. The van der Waals surface area contributed by atoms with Crippen molar-refractivity contribution in [2.45, 2.75) is 51.7 Å². The number of halogens is 1. The number of nitrogens with zero attached hydrogens (tertiary/aromatic N) is 1. The fourth-order valence-corrected chi connectivity index (χ4v) is 4.30. The van der Waals surface area contributed by atoms with Crippen LogP contribution in [0.3, 0.4) is 0 Å². The Morgan fingerprint density at radius 2 is 1.56 bits per heavy atom. The lowest BCUT2D eigenvalue weighted by Gasteiger charge is -2.30. The Balaban J connectivity index is 1.70. The molecule has 0 atom stereocenters. The van der Waals surface area contributed by atoms with E-state index in [-0.39, 0.29) is 0 Å². The first-order valence-electron chi connectivity index (χ1n) is 9.47. The fraction of sp³-hybridized carbons (Fsp3) is 0.455. The summed E-state index contributed by atoms with van der Waals surface area (Å²) in [5.74, 6) is 0.851. The standard InChI is InChI=1S/C22H29BrN2/c23-22-8-4-7-21(13-22)17-25(15-19-5-2-1-3-6-19)16-20-11-9-18(14-24)10-12-20/h4,7-13,19H,1-3,5-6,14-17,24H2. The Morgan fingerprint density at radius 1 is 0.880 bits per heavy atom. The van der Waals surface area contributed by atoms with Gasteiger partial charge in [0.15, 0.2) is 0 Å². The first kappa shape index (κ1) is 18.6. The molecule has 0 aliphatic heterocycles. The van der Waals surface area contributed by atoms with Crippen LogP contribution in [-0.4, -0.2) is 11.4 Å². The van der Waals surface area contributed by atoms with Crippen LogP contribution in [0.4, 0.5) is 0 Å². The number of hydrogen-bond acceptors (Lipinski definition) is 2. The Morgan fingerprint density at radius 3 is 2.24 bits per heavy atom. The monoisotopic (exact) mass is 400 g/mol. The molecule has 3 rings (SSSR count). The summed E-state index contributed by atoms with van der Waals surface area (Å²) in [6.45, 7) is 3.83. The molecule has 25 heavy (non-hydrogen) atoms. The summed E-state index contributed by atoms with van der Waals surface area (Å²) < 4.78 is 1.16. The molecule has 0 amide bonds. The molecule has 2 aromatic rings. The van der Waals surface area contributed by atoms with Crippen LogP contribution < -0.4 is 5.73 Å². The summed E-state index contributed by atoms with van der Waals surface area (Å²) in [6.07, 6.45) is 7.01. The molecule has 2 nitrogen and oxygen atoms in total. The van der Waals surface area contributed by atoms with Crippen LogP contribution in [0.2, 0.25) is 0 Å². The van der Waals surface area contributed by atoms with Gasteiger partial charge in [-0.15, -0.1) is 0 Å². The molecule has 0 spiro atoms. The van der Waals surface area contributed by atoms with Crippen LogP contribution >= 0.6 is 15.9 Å². The zero-order valence-corrected chi connectivity index (χ0v) is 16.5. The van der Waals surface area contributed by atoms with Crippen LogP contribution in [0.1, 0.15) is 48.8 Å². The highest BCUT2D eigenvalue weighted by atomic mass is 79.9. The zero-order valence-electron chi connectivity index (χ0n) is 15.0. The second kappa shape index (κ2) is 9.51. The molecule has 2 aromatic carbocycles. The van der Waals surface area contributed by atoms with Crippen molar-refractivity contribution >= 4 is 15.9 Å². The van der Waals surface area contributed by atoms with Crippen LogP contribution in [0.25, 0.3) is 0 Å². The van der Waals surface area contributed by atoms with Crippen molar-refractivity contribution in [3.8, 4) is 0 Å². The van der Waals surface area contributed by atoms with E-state index in [9.17, 15) is 0 Å². The van der Waals surface area contributed by atoms with Crippen molar-refractivity contribution < 1.29 is 0 Å². The summed E-state index contributed by atoms with van der Waals surface area (Å²) in [5, 5.41) is 0. The molecule has 134 valence electrons. The molecular formula is C22H29BrN2. The van der Waals surface area contributed by atoms with Crippen LogP contribution in [0, 0.1) is 5.92 Å². The quantitative estimate of drug-likeness (QED) is 0.665. The van der Waals surface area contributed by atoms with E-state index in [2.05, 4.69) is 69.4 Å². The second-order valence-electron chi connectivity index (χ2n) is 7.32. The van der Waals surface area contributed by atoms with E-state index >= 15 is 0 Å². The predicted octanol–water partition coefficient (Wildman–Crippen LogP) is 5.49. The van der Waals surface area contributed by atoms with Crippen molar-refractivity contribution in [3.63, 3.8) is 0 Å². The zero-order chi connectivity index (χ0) is 17.5. The first-order valence-corrected chi connectivity index (χ1v) is 10.3. The molecule has 2 N–H and O–H groups in total. The highest BCUT2D eigenvalue weighted by Gasteiger charge is 2.18. The van der Waals surface area contributed by atoms with Gasteiger partial charge in [0.25, 0.3) is 0 Å². The van der Waals surface area contributed by atoms with E-state index in [1.165, 1.54) is 55.3 Å². The normalized spacial score (nSPS) is 15.6. The van der Waals surface area contributed by atoms with Gasteiger partial charge in [-0.3, -0.25) is 4.90 Å². The van der Waals surface area contributed by atoms with Gasteiger partial charge >= 0.3 is 0 Å². The number of nitrogens with two attached hydrogens (primary N) is 1. The molecule has 0 aromatic heterocycles. The third-order valence-corrected chi connectivity index (χ3v) is 5.69. The van der Waals surface area contributed by atoms with Gasteiger partial charge in [0.1, 0.15) is 0 Å². The SMILES string of the molecule is NCc1ccc(CN(Cc2cccc(Br)c2)CC2CCCCC2)cc1. The average molecular weight is 401 g/mol. The number of rotatable bonds is 7. The third-order valence-electron chi connectivity index (χ3n) is 5.20.